The van der Waals surface area contributed by atoms with Gasteiger partial charge in [-0.05, 0) is 52.2 Å². The molecule has 0 aromatic heterocycles. The molecule has 3 aromatic rings. The van der Waals surface area contributed by atoms with E-state index in [4.69, 9.17) is 0 Å². The molecule has 0 unspecified atom stereocenters. The van der Waals surface area contributed by atoms with Crippen LogP contribution in [0, 0.1) is 0 Å². The summed E-state index contributed by atoms with van der Waals surface area (Å²) in [6, 6.07) is 26.5. The van der Waals surface area contributed by atoms with Crippen LogP contribution in [-0.4, -0.2) is 24.3 Å². The molecule has 1 aliphatic carbocycles. The van der Waals surface area contributed by atoms with Gasteiger partial charge in [0.1, 0.15) is 0 Å². The molecule has 0 aliphatic heterocycles. The SMILES string of the molecule is O=C=N[C@@H]1C[C@H]1c1ccccc1.O=C=Nc1ccccc1.O=C=Nc1ccccc1Br. The van der Waals surface area contributed by atoms with Crippen molar-refractivity contribution >= 4 is 45.5 Å². The van der Waals surface area contributed by atoms with Crippen LogP contribution in [0.1, 0.15) is 17.9 Å². The van der Waals surface area contributed by atoms with Crippen molar-refractivity contribution in [3.8, 4) is 0 Å². The van der Waals surface area contributed by atoms with E-state index >= 15 is 0 Å². The Morgan fingerprint density at radius 3 is 1.87 bits per heavy atom. The van der Waals surface area contributed by atoms with Crippen LogP contribution in [0.3, 0.4) is 0 Å². The molecule has 0 bridgehead atoms. The predicted molar refractivity (Wildman–Crippen MR) is 122 cm³/mol. The van der Waals surface area contributed by atoms with E-state index in [0.29, 0.717) is 17.3 Å². The highest BCUT2D eigenvalue weighted by molar-refractivity contribution is 9.10. The number of halogens is 1. The molecule has 4 rings (SSSR count). The summed E-state index contributed by atoms with van der Waals surface area (Å²) in [4.78, 5) is 40.0. The van der Waals surface area contributed by atoms with E-state index in [9.17, 15) is 14.4 Å². The highest BCUT2D eigenvalue weighted by atomic mass is 79.9. The first-order valence-corrected chi connectivity index (χ1v) is 10.1. The molecule has 1 fully saturated rings. The van der Waals surface area contributed by atoms with Crippen molar-refractivity contribution in [1.82, 2.24) is 0 Å². The first kappa shape index (κ1) is 23.6. The lowest BCUT2D eigenvalue weighted by molar-refractivity contribution is 0.562. The lowest BCUT2D eigenvalue weighted by Gasteiger charge is -1.94. The molecule has 7 heteroatoms. The van der Waals surface area contributed by atoms with E-state index in [1.54, 1.807) is 30.3 Å². The molecule has 2 atom stereocenters. The van der Waals surface area contributed by atoms with Gasteiger partial charge in [0, 0.05) is 10.4 Å². The molecular weight excluding hydrogens is 458 g/mol. The monoisotopic (exact) mass is 475 g/mol. The zero-order chi connectivity index (χ0) is 22.3. The Balaban J connectivity index is 0.000000167. The Bertz CT molecular complexity index is 1100. The zero-order valence-electron chi connectivity index (χ0n) is 16.4. The molecule has 6 nitrogen and oxygen atoms in total. The lowest BCUT2D eigenvalue weighted by atomic mass is 10.1. The van der Waals surface area contributed by atoms with E-state index in [1.165, 1.54) is 17.7 Å². The maximum absolute atomic E-state index is 9.94. The van der Waals surface area contributed by atoms with Crippen LogP contribution < -0.4 is 0 Å². The minimum absolute atomic E-state index is 0.199. The van der Waals surface area contributed by atoms with Crippen molar-refractivity contribution in [2.24, 2.45) is 15.0 Å². The molecule has 31 heavy (non-hydrogen) atoms. The average Bonchev–Trinajstić information content (AvgIpc) is 3.58. The summed E-state index contributed by atoms with van der Waals surface area (Å²) in [6.45, 7) is 0. The van der Waals surface area contributed by atoms with E-state index in [1.807, 2.05) is 48.5 Å². The van der Waals surface area contributed by atoms with Gasteiger partial charge >= 0.3 is 0 Å². The molecule has 3 aromatic carbocycles. The fraction of sp³-hybridized carbons (Fsp3) is 0.125. The van der Waals surface area contributed by atoms with E-state index in [2.05, 4.69) is 43.0 Å². The van der Waals surface area contributed by atoms with Gasteiger partial charge in [-0.2, -0.15) is 9.98 Å². The number of benzene rings is 3. The molecule has 0 saturated heterocycles. The normalized spacial score (nSPS) is 15.1. The van der Waals surface area contributed by atoms with Crippen LogP contribution in [0.25, 0.3) is 0 Å². The number of isocyanates is 3. The molecule has 154 valence electrons. The standard InChI is InChI=1S/C10H9NO.C7H4BrNO.C7H5NO/c12-7-11-10-6-9(10)8-4-2-1-3-5-8;8-6-3-1-2-4-7(6)9-5-10;9-6-8-7-4-2-1-3-5-7/h1-5,9-10H,6H2;1-4H;1-5H/t9-,10+;;/m0../s1. The Morgan fingerprint density at radius 2 is 1.29 bits per heavy atom. The molecule has 0 N–H and O–H groups in total. The highest BCUT2D eigenvalue weighted by Gasteiger charge is 2.38. The second kappa shape index (κ2) is 13.5. The maximum Gasteiger partial charge on any atom is 0.240 e. The molecule has 0 spiro atoms. The summed E-state index contributed by atoms with van der Waals surface area (Å²) in [7, 11) is 0. The van der Waals surface area contributed by atoms with Gasteiger partial charge in [0.2, 0.25) is 18.2 Å². The Morgan fingerprint density at radius 1 is 0.710 bits per heavy atom. The van der Waals surface area contributed by atoms with Gasteiger partial charge in [-0.3, -0.25) is 0 Å². The number of aliphatic imine (C=N–C) groups is 3. The second-order valence-corrected chi connectivity index (χ2v) is 7.09. The second-order valence-electron chi connectivity index (χ2n) is 6.23. The quantitative estimate of drug-likeness (QED) is 0.344. The number of hydrogen-bond donors (Lipinski definition) is 0. The van der Waals surface area contributed by atoms with E-state index < -0.39 is 0 Å². The molecule has 0 amide bonds. The van der Waals surface area contributed by atoms with Crippen LogP contribution in [0.5, 0.6) is 0 Å². The molecule has 0 radical (unpaired) electrons. The third kappa shape index (κ3) is 8.67. The van der Waals surface area contributed by atoms with E-state index in [-0.39, 0.29) is 6.04 Å². The van der Waals surface area contributed by atoms with Crippen LogP contribution in [0.4, 0.5) is 11.4 Å². The van der Waals surface area contributed by atoms with Crippen LogP contribution >= 0.6 is 15.9 Å². The number of rotatable bonds is 4. The van der Waals surface area contributed by atoms with Crippen molar-refractivity contribution in [2.45, 2.75) is 18.4 Å². The van der Waals surface area contributed by atoms with Crippen LogP contribution in [-0.2, 0) is 14.4 Å². The number of carbonyl (C=O) groups excluding carboxylic acids is 3. The summed E-state index contributed by atoms with van der Waals surface area (Å²) in [6.07, 6.45) is 5.53. The van der Waals surface area contributed by atoms with Crippen LogP contribution in [0.2, 0.25) is 0 Å². The summed E-state index contributed by atoms with van der Waals surface area (Å²) in [5.41, 5.74) is 2.53. The van der Waals surface area contributed by atoms with Crippen molar-refractivity contribution in [1.29, 1.82) is 0 Å². The van der Waals surface area contributed by atoms with Gasteiger partial charge in [-0.1, -0.05) is 60.7 Å². The summed E-state index contributed by atoms with van der Waals surface area (Å²) in [5.74, 6) is 0.465. The molecule has 0 heterocycles. The summed E-state index contributed by atoms with van der Waals surface area (Å²) < 4.78 is 0.804. The van der Waals surface area contributed by atoms with Crippen LogP contribution in [0.15, 0.2) is 104 Å². The Kier molecular flexibility index (Phi) is 10.3. The summed E-state index contributed by atoms with van der Waals surface area (Å²) >= 11 is 3.22. The Hall–Kier alpha value is -3.72. The lowest BCUT2D eigenvalue weighted by Crippen LogP contribution is -1.82. The fourth-order valence-corrected chi connectivity index (χ4v) is 2.97. The molecule has 1 aliphatic rings. The number of nitrogens with zero attached hydrogens (tertiary/aromatic N) is 3. The minimum atomic E-state index is 0.199. The molecule has 1 saturated carbocycles. The topological polar surface area (TPSA) is 88.3 Å². The number of hydrogen-bond acceptors (Lipinski definition) is 6. The highest BCUT2D eigenvalue weighted by Crippen LogP contribution is 2.42. The largest absolute Gasteiger partial charge is 0.240 e. The smallest absolute Gasteiger partial charge is 0.211 e. The van der Waals surface area contributed by atoms with Crippen molar-refractivity contribution in [2.75, 3.05) is 0 Å². The predicted octanol–water partition coefficient (Wildman–Crippen LogP) is 5.95. The third-order valence-corrected chi connectivity index (χ3v) is 4.82. The maximum atomic E-state index is 9.94. The summed E-state index contributed by atoms with van der Waals surface area (Å²) in [5, 5.41) is 0. The zero-order valence-corrected chi connectivity index (χ0v) is 18.0. The van der Waals surface area contributed by atoms with Gasteiger partial charge in [-0.25, -0.2) is 19.4 Å². The van der Waals surface area contributed by atoms with Gasteiger partial charge in [-0.15, -0.1) is 0 Å². The first-order chi connectivity index (χ1) is 15.2. The van der Waals surface area contributed by atoms with Gasteiger partial charge in [0.25, 0.3) is 0 Å². The average molecular weight is 476 g/mol. The third-order valence-electron chi connectivity index (χ3n) is 4.15. The van der Waals surface area contributed by atoms with Gasteiger partial charge in [0.05, 0.1) is 17.4 Å². The van der Waals surface area contributed by atoms with Crippen molar-refractivity contribution < 1.29 is 14.4 Å². The minimum Gasteiger partial charge on any atom is -0.211 e. The van der Waals surface area contributed by atoms with Gasteiger partial charge < -0.3 is 0 Å². The Labute approximate surface area is 188 Å². The fourth-order valence-electron chi connectivity index (χ4n) is 2.60. The molecular formula is C24H18BrN3O3. The van der Waals surface area contributed by atoms with E-state index in [0.717, 1.165) is 10.9 Å². The first-order valence-electron chi connectivity index (χ1n) is 9.26. The number of para-hydroxylation sites is 2. The van der Waals surface area contributed by atoms with Crippen molar-refractivity contribution in [3.63, 3.8) is 0 Å². The van der Waals surface area contributed by atoms with Gasteiger partial charge in [0.15, 0.2) is 0 Å². The van der Waals surface area contributed by atoms with Crippen molar-refractivity contribution in [3.05, 3.63) is 95.0 Å².